The summed E-state index contributed by atoms with van der Waals surface area (Å²) >= 11 is 6.37. The van der Waals surface area contributed by atoms with E-state index in [0.29, 0.717) is 11.6 Å². The van der Waals surface area contributed by atoms with Gasteiger partial charge in [-0.25, -0.2) is 23.7 Å². The van der Waals surface area contributed by atoms with Crippen molar-refractivity contribution in [3.05, 3.63) is 92.2 Å². The van der Waals surface area contributed by atoms with Crippen molar-refractivity contribution < 1.29 is 24.1 Å². The Kier molecular flexibility index (Phi) is 9.05. The quantitative estimate of drug-likeness (QED) is 0.186. The highest BCUT2D eigenvalue weighted by atomic mass is 35.5. The van der Waals surface area contributed by atoms with Crippen LogP contribution in [0.15, 0.2) is 46.3 Å². The van der Waals surface area contributed by atoms with Gasteiger partial charge in [-0.3, -0.25) is 14.4 Å². The zero-order valence-corrected chi connectivity index (χ0v) is 24.4. The van der Waals surface area contributed by atoms with Gasteiger partial charge in [-0.1, -0.05) is 29.4 Å². The van der Waals surface area contributed by atoms with Crippen LogP contribution in [-0.2, 0) is 12.5 Å². The standard InChI is InChI=1S/C26H27ClF2N10O4/c1-6-8-30-23(18-7-9-31-24(21(18)29)38-16(5)33-14(3)35-38)19(28)12-37-15(4)34-22(20(27)25(37)40)13(2)10-17-11-32-39(36-17)26(41,42)43/h6-9,11-13,41-43H,10H2,1-5H3/b8-6+,19-12-,30-23+. The zero-order valence-electron chi connectivity index (χ0n) is 23.6. The fourth-order valence-corrected chi connectivity index (χ4v) is 4.45. The van der Waals surface area contributed by atoms with Crippen molar-refractivity contribution in [2.24, 2.45) is 4.99 Å². The first-order chi connectivity index (χ1) is 20.2. The van der Waals surface area contributed by atoms with Crippen molar-refractivity contribution in [3.8, 4) is 5.82 Å². The number of aryl methyl sites for hydroxylation is 3. The Labute approximate surface area is 248 Å². The molecule has 0 aliphatic carbocycles. The number of aliphatic imine (C=N–C) groups is 1. The maximum atomic E-state index is 15.9. The van der Waals surface area contributed by atoms with Crippen LogP contribution >= 0.6 is 11.6 Å². The van der Waals surface area contributed by atoms with Gasteiger partial charge >= 0.3 is 6.10 Å². The summed E-state index contributed by atoms with van der Waals surface area (Å²) in [6, 6.07) is 1.24. The van der Waals surface area contributed by atoms with Gasteiger partial charge in [0.15, 0.2) is 17.5 Å². The van der Waals surface area contributed by atoms with E-state index in [0.717, 1.165) is 10.8 Å². The lowest BCUT2D eigenvalue weighted by Crippen LogP contribution is -2.34. The highest BCUT2D eigenvalue weighted by Crippen LogP contribution is 2.25. The summed E-state index contributed by atoms with van der Waals surface area (Å²) in [5.41, 5.74) is -1.07. The Hall–Kier alpha value is -4.51. The molecule has 0 radical (unpaired) electrons. The summed E-state index contributed by atoms with van der Waals surface area (Å²) in [7, 11) is 0. The minimum Gasteiger partial charge on any atom is -0.323 e. The third-order valence-corrected chi connectivity index (χ3v) is 6.43. The molecule has 4 heterocycles. The van der Waals surface area contributed by atoms with Gasteiger partial charge in [-0.15, -0.1) is 5.10 Å². The molecule has 0 saturated heterocycles. The van der Waals surface area contributed by atoms with E-state index in [-0.39, 0.29) is 44.8 Å². The van der Waals surface area contributed by atoms with Crippen LogP contribution in [0.4, 0.5) is 8.78 Å². The molecule has 0 amide bonds. The molecule has 4 aromatic heterocycles. The summed E-state index contributed by atoms with van der Waals surface area (Å²) in [5, 5.41) is 38.8. The highest BCUT2D eigenvalue weighted by molar-refractivity contribution is 6.31. The van der Waals surface area contributed by atoms with Gasteiger partial charge in [0.05, 0.1) is 23.8 Å². The molecule has 0 aliphatic rings. The average molecular weight is 617 g/mol. The van der Waals surface area contributed by atoms with Crippen LogP contribution in [0, 0.1) is 26.6 Å². The molecule has 0 fully saturated rings. The minimum atomic E-state index is -3.28. The van der Waals surface area contributed by atoms with Crippen molar-refractivity contribution in [2.75, 3.05) is 0 Å². The molecule has 226 valence electrons. The maximum absolute atomic E-state index is 15.9. The largest absolute Gasteiger partial charge is 0.405 e. The molecule has 0 aromatic carbocycles. The van der Waals surface area contributed by atoms with Gasteiger partial charge < -0.3 is 15.3 Å². The number of rotatable bonds is 9. The third kappa shape index (κ3) is 6.61. The van der Waals surface area contributed by atoms with Crippen molar-refractivity contribution in [3.63, 3.8) is 0 Å². The number of hydrogen-bond donors (Lipinski definition) is 3. The van der Waals surface area contributed by atoms with Gasteiger partial charge in [-0.05, 0) is 33.8 Å². The van der Waals surface area contributed by atoms with Gasteiger partial charge in [-0.2, -0.15) is 14.9 Å². The number of allylic oxidation sites excluding steroid dienone is 2. The van der Waals surface area contributed by atoms with Crippen LogP contribution in [0.25, 0.3) is 12.0 Å². The number of nitrogens with zero attached hydrogens (tertiary/aromatic N) is 10. The zero-order chi connectivity index (χ0) is 31.6. The second-order valence-electron chi connectivity index (χ2n) is 9.42. The molecule has 0 saturated carbocycles. The van der Waals surface area contributed by atoms with Crippen LogP contribution in [0.2, 0.25) is 5.02 Å². The van der Waals surface area contributed by atoms with Gasteiger partial charge in [0.2, 0.25) is 0 Å². The second-order valence-corrected chi connectivity index (χ2v) is 9.79. The Balaban J connectivity index is 1.73. The van der Waals surface area contributed by atoms with Crippen molar-refractivity contribution in [1.29, 1.82) is 0 Å². The SMILES string of the molecule is C/C=C/N=C(/C(F)=C/n1c(C)nc(C(C)Cc2cnn(C(O)(O)O)n2)c(Cl)c1=O)c1ccnc(-n2nc(C)nc2C)c1F. The summed E-state index contributed by atoms with van der Waals surface area (Å²) in [4.78, 5) is 30.2. The highest BCUT2D eigenvalue weighted by Gasteiger charge is 2.26. The Bertz CT molecular complexity index is 1820. The number of aromatic nitrogens is 9. The predicted octanol–water partition coefficient (Wildman–Crippen LogP) is 2.21. The molecule has 0 bridgehead atoms. The van der Waals surface area contributed by atoms with Gasteiger partial charge in [0, 0.05) is 30.3 Å². The Morgan fingerprint density at radius 3 is 2.51 bits per heavy atom. The normalized spacial score (nSPS) is 13.7. The lowest BCUT2D eigenvalue weighted by atomic mass is 10.0. The lowest BCUT2D eigenvalue weighted by molar-refractivity contribution is -0.387. The molecule has 1 unspecified atom stereocenters. The minimum absolute atomic E-state index is 0.0603. The Morgan fingerprint density at radius 1 is 1.19 bits per heavy atom. The topological polar surface area (TPSA) is 182 Å². The first-order valence-corrected chi connectivity index (χ1v) is 13.1. The van der Waals surface area contributed by atoms with E-state index in [1.54, 1.807) is 27.7 Å². The van der Waals surface area contributed by atoms with Crippen LogP contribution in [-0.4, -0.2) is 65.3 Å². The number of aliphatic hydroxyl groups is 3. The van der Waals surface area contributed by atoms with E-state index in [2.05, 4.69) is 35.2 Å². The van der Waals surface area contributed by atoms with E-state index in [1.807, 2.05) is 0 Å². The maximum Gasteiger partial charge on any atom is 0.405 e. The van der Waals surface area contributed by atoms with E-state index in [4.69, 9.17) is 11.6 Å². The monoisotopic (exact) mass is 616 g/mol. The van der Waals surface area contributed by atoms with Crippen LogP contribution in [0.5, 0.6) is 0 Å². The average Bonchev–Trinajstić information content (AvgIpc) is 3.55. The summed E-state index contributed by atoms with van der Waals surface area (Å²) in [6.45, 7) is 8.03. The van der Waals surface area contributed by atoms with Crippen molar-refractivity contribution in [2.45, 2.75) is 53.1 Å². The van der Waals surface area contributed by atoms with Gasteiger partial charge in [0.25, 0.3) is 5.56 Å². The van der Waals surface area contributed by atoms with Crippen molar-refractivity contribution in [1.82, 2.24) is 44.3 Å². The van der Waals surface area contributed by atoms with Crippen molar-refractivity contribution >= 4 is 23.5 Å². The van der Waals surface area contributed by atoms with E-state index < -0.39 is 34.9 Å². The summed E-state index contributed by atoms with van der Waals surface area (Å²) in [6.07, 6.45) is 2.88. The fourth-order valence-electron chi connectivity index (χ4n) is 4.13. The number of hydrogen-bond acceptors (Lipinski definition) is 11. The molecule has 17 heteroatoms. The number of halogens is 3. The molecule has 3 N–H and O–H groups in total. The molecule has 43 heavy (non-hydrogen) atoms. The Morgan fingerprint density at radius 2 is 1.91 bits per heavy atom. The first kappa shape index (κ1) is 31.4. The summed E-state index contributed by atoms with van der Waals surface area (Å²) < 4.78 is 33.7. The molecule has 4 aromatic rings. The predicted molar refractivity (Wildman–Crippen MR) is 150 cm³/mol. The van der Waals surface area contributed by atoms with E-state index >= 15 is 8.78 Å². The smallest absolute Gasteiger partial charge is 0.323 e. The molecular formula is C26H27ClF2N10O4. The van der Waals surface area contributed by atoms with Gasteiger partial charge in [0.1, 0.15) is 28.2 Å². The molecule has 1 atom stereocenters. The fraction of sp³-hybridized carbons (Fsp3) is 0.308. The van der Waals surface area contributed by atoms with E-state index in [9.17, 15) is 20.1 Å². The molecular weight excluding hydrogens is 590 g/mol. The second kappa shape index (κ2) is 12.4. The number of pyridine rings is 1. The van der Waals surface area contributed by atoms with E-state index in [1.165, 1.54) is 42.3 Å². The molecule has 4 rings (SSSR count). The van der Waals surface area contributed by atoms with Crippen LogP contribution < -0.4 is 5.56 Å². The molecule has 14 nitrogen and oxygen atoms in total. The molecule has 0 aliphatic heterocycles. The third-order valence-electron chi connectivity index (χ3n) is 6.07. The first-order valence-electron chi connectivity index (χ1n) is 12.7. The lowest BCUT2D eigenvalue weighted by Gasteiger charge is -2.15. The van der Waals surface area contributed by atoms with Crippen LogP contribution in [0.3, 0.4) is 0 Å². The summed E-state index contributed by atoms with van der Waals surface area (Å²) in [5.74, 6) is -1.90. The molecule has 0 spiro atoms. The van der Waals surface area contributed by atoms with Crippen LogP contribution in [0.1, 0.15) is 54.2 Å².